The van der Waals surface area contributed by atoms with Gasteiger partial charge in [0.2, 0.25) is 0 Å². The number of aromatic nitrogens is 1. The summed E-state index contributed by atoms with van der Waals surface area (Å²) in [6.45, 7) is 5.86. The van der Waals surface area contributed by atoms with Crippen LogP contribution in [0, 0.1) is 6.92 Å². The van der Waals surface area contributed by atoms with Crippen LogP contribution < -0.4 is 15.0 Å². The second kappa shape index (κ2) is 9.24. The first-order valence-corrected chi connectivity index (χ1v) is 10.7. The number of ether oxygens (including phenoxy) is 1. The van der Waals surface area contributed by atoms with E-state index in [-0.39, 0.29) is 18.0 Å². The van der Waals surface area contributed by atoms with E-state index >= 15 is 0 Å². The molecular weight excluding hydrogens is 394 g/mol. The Labute approximate surface area is 182 Å². The minimum atomic E-state index is -0.0593. The third-order valence-electron chi connectivity index (χ3n) is 5.95. The maximum Gasteiger partial charge on any atom is 0.317 e. The molecule has 0 spiro atoms. The van der Waals surface area contributed by atoms with Crippen molar-refractivity contribution in [2.45, 2.75) is 19.4 Å². The van der Waals surface area contributed by atoms with Crippen molar-refractivity contribution in [3.05, 3.63) is 53.9 Å². The van der Waals surface area contributed by atoms with E-state index in [1.54, 1.807) is 24.3 Å². The molecule has 0 aliphatic carbocycles. The average Bonchev–Trinajstić information content (AvgIpc) is 3.27. The molecule has 0 unspecified atom stereocenters. The summed E-state index contributed by atoms with van der Waals surface area (Å²) in [6, 6.07) is 11.5. The second-order valence-corrected chi connectivity index (χ2v) is 8.02. The molecule has 3 amide bonds. The van der Waals surface area contributed by atoms with E-state index in [0.717, 1.165) is 36.6 Å². The zero-order valence-electron chi connectivity index (χ0n) is 18.1. The number of para-hydroxylation sites is 2. The van der Waals surface area contributed by atoms with Gasteiger partial charge in [-0.15, -0.1) is 0 Å². The molecule has 2 aromatic rings. The number of hydrogen-bond donors (Lipinski definition) is 1. The molecule has 1 atom stereocenters. The van der Waals surface area contributed by atoms with Crippen LogP contribution in [0.4, 0.5) is 10.5 Å². The molecule has 4 rings (SSSR count). The SMILES string of the molecule is COc1ccccc1N1CCN(C(=O)N[C@@H]2CCN(C(=O)c3ccc(C)nc3)C2)CC1. The number of hydrogen-bond acceptors (Lipinski definition) is 5. The standard InChI is InChI=1S/C23H29N5O3/c1-17-7-8-18(15-24-17)22(29)28-10-9-19(16-28)25-23(30)27-13-11-26(12-14-27)20-5-3-4-6-21(20)31-2/h3-8,15,19H,9-14,16H2,1-2H3,(H,25,30)/t19-/m1/s1. The maximum absolute atomic E-state index is 12.8. The Morgan fingerprint density at radius 1 is 1.03 bits per heavy atom. The van der Waals surface area contributed by atoms with Crippen LogP contribution in [0.25, 0.3) is 0 Å². The van der Waals surface area contributed by atoms with E-state index in [2.05, 4.69) is 15.2 Å². The highest BCUT2D eigenvalue weighted by Gasteiger charge is 2.30. The number of rotatable bonds is 4. The van der Waals surface area contributed by atoms with Crippen molar-refractivity contribution in [2.24, 2.45) is 0 Å². The highest BCUT2D eigenvalue weighted by molar-refractivity contribution is 5.94. The zero-order chi connectivity index (χ0) is 21.8. The van der Waals surface area contributed by atoms with Gasteiger partial charge in [-0.1, -0.05) is 12.1 Å². The molecule has 3 heterocycles. The van der Waals surface area contributed by atoms with E-state index in [0.29, 0.717) is 31.7 Å². The van der Waals surface area contributed by atoms with E-state index in [9.17, 15) is 9.59 Å². The fraction of sp³-hybridized carbons (Fsp3) is 0.435. The molecule has 1 aromatic heterocycles. The number of aryl methyl sites for hydroxylation is 1. The first kappa shape index (κ1) is 21.0. The van der Waals surface area contributed by atoms with Crippen LogP contribution in [0.15, 0.2) is 42.6 Å². The summed E-state index contributed by atoms with van der Waals surface area (Å²) in [7, 11) is 1.67. The first-order valence-electron chi connectivity index (χ1n) is 10.7. The van der Waals surface area contributed by atoms with Gasteiger partial charge >= 0.3 is 6.03 Å². The number of carbonyl (C=O) groups excluding carboxylic acids is 2. The quantitative estimate of drug-likeness (QED) is 0.815. The maximum atomic E-state index is 12.8. The summed E-state index contributed by atoms with van der Waals surface area (Å²) in [5.74, 6) is 0.814. The topological polar surface area (TPSA) is 78.0 Å². The Balaban J connectivity index is 1.27. The van der Waals surface area contributed by atoms with Gasteiger partial charge in [0, 0.05) is 57.2 Å². The van der Waals surface area contributed by atoms with Gasteiger partial charge in [-0.05, 0) is 37.6 Å². The van der Waals surface area contributed by atoms with Gasteiger partial charge in [-0.2, -0.15) is 0 Å². The average molecular weight is 424 g/mol. The van der Waals surface area contributed by atoms with Crippen LogP contribution in [-0.2, 0) is 0 Å². The fourth-order valence-corrected chi connectivity index (χ4v) is 4.15. The fourth-order valence-electron chi connectivity index (χ4n) is 4.15. The lowest BCUT2D eigenvalue weighted by molar-refractivity contribution is 0.0788. The number of benzene rings is 1. The number of pyridine rings is 1. The lowest BCUT2D eigenvalue weighted by Crippen LogP contribution is -2.54. The molecule has 2 aliphatic rings. The molecule has 164 valence electrons. The largest absolute Gasteiger partial charge is 0.495 e. The van der Waals surface area contributed by atoms with Crippen molar-refractivity contribution in [1.82, 2.24) is 20.1 Å². The van der Waals surface area contributed by atoms with Gasteiger partial charge in [0.25, 0.3) is 5.91 Å². The predicted octanol–water partition coefficient (Wildman–Crippen LogP) is 2.14. The van der Waals surface area contributed by atoms with Gasteiger partial charge in [0.1, 0.15) is 5.75 Å². The number of amides is 3. The van der Waals surface area contributed by atoms with Crippen LogP contribution in [0.5, 0.6) is 5.75 Å². The normalized spacial score (nSPS) is 18.8. The Kier molecular flexibility index (Phi) is 6.25. The summed E-state index contributed by atoms with van der Waals surface area (Å²) in [4.78, 5) is 35.5. The van der Waals surface area contributed by atoms with Crippen molar-refractivity contribution in [3.8, 4) is 5.75 Å². The molecule has 2 aliphatic heterocycles. The molecular formula is C23H29N5O3. The summed E-state index contributed by atoms with van der Waals surface area (Å²) >= 11 is 0. The lowest BCUT2D eigenvalue weighted by atomic mass is 10.2. The van der Waals surface area contributed by atoms with Crippen LogP contribution in [0.1, 0.15) is 22.5 Å². The number of piperazine rings is 1. The third-order valence-corrected chi connectivity index (χ3v) is 5.95. The lowest BCUT2D eigenvalue weighted by Gasteiger charge is -2.37. The number of anilines is 1. The molecule has 2 fully saturated rings. The summed E-state index contributed by atoms with van der Waals surface area (Å²) < 4.78 is 5.46. The monoisotopic (exact) mass is 423 g/mol. The molecule has 0 bridgehead atoms. The van der Waals surface area contributed by atoms with Crippen LogP contribution in [0.2, 0.25) is 0 Å². The van der Waals surface area contributed by atoms with Crippen molar-refractivity contribution < 1.29 is 14.3 Å². The minimum Gasteiger partial charge on any atom is -0.495 e. The predicted molar refractivity (Wildman–Crippen MR) is 119 cm³/mol. The number of methoxy groups -OCH3 is 1. The van der Waals surface area contributed by atoms with Gasteiger partial charge in [-0.3, -0.25) is 9.78 Å². The van der Waals surface area contributed by atoms with E-state index in [1.165, 1.54) is 0 Å². The summed E-state index contributed by atoms with van der Waals surface area (Å²) in [5.41, 5.74) is 2.53. The molecule has 8 nitrogen and oxygen atoms in total. The van der Waals surface area contributed by atoms with E-state index in [1.807, 2.05) is 42.2 Å². The summed E-state index contributed by atoms with van der Waals surface area (Å²) in [5, 5.41) is 3.11. The van der Waals surface area contributed by atoms with Crippen LogP contribution >= 0.6 is 0 Å². The molecule has 8 heteroatoms. The molecule has 2 saturated heterocycles. The highest BCUT2D eigenvalue weighted by Crippen LogP contribution is 2.28. The Bertz CT molecular complexity index is 925. The smallest absolute Gasteiger partial charge is 0.317 e. The molecule has 1 N–H and O–H groups in total. The minimum absolute atomic E-state index is 0.0258. The molecule has 31 heavy (non-hydrogen) atoms. The number of likely N-dealkylation sites (tertiary alicyclic amines) is 1. The number of carbonyl (C=O) groups is 2. The first-order chi connectivity index (χ1) is 15.0. The third kappa shape index (κ3) is 4.73. The molecule has 0 saturated carbocycles. The van der Waals surface area contributed by atoms with Crippen molar-refractivity contribution in [1.29, 1.82) is 0 Å². The van der Waals surface area contributed by atoms with Gasteiger partial charge in [-0.25, -0.2) is 4.79 Å². The van der Waals surface area contributed by atoms with Crippen LogP contribution in [0.3, 0.4) is 0 Å². The number of nitrogens with zero attached hydrogens (tertiary/aromatic N) is 4. The molecule has 1 aromatic carbocycles. The number of urea groups is 1. The van der Waals surface area contributed by atoms with Gasteiger partial charge < -0.3 is 24.8 Å². The molecule has 0 radical (unpaired) electrons. The zero-order valence-corrected chi connectivity index (χ0v) is 18.1. The van der Waals surface area contributed by atoms with Crippen molar-refractivity contribution >= 4 is 17.6 Å². The summed E-state index contributed by atoms with van der Waals surface area (Å²) in [6.07, 6.45) is 2.38. The van der Waals surface area contributed by atoms with Gasteiger partial charge in [0.15, 0.2) is 0 Å². The van der Waals surface area contributed by atoms with E-state index in [4.69, 9.17) is 4.74 Å². The second-order valence-electron chi connectivity index (χ2n) is 8.02. The Morgan fingerprint density at radius 2 is 1.81 bits per heavy atom. The van der Waals surface area contributed by atoms with Crippen molar-refractivity contribution in [2.75, 3.05) is 51.3 Å². The van der Waals surface area contributed by atoms with Crippen molar-refractivity contribution in [3.63, 3.8) is 0 Å². The van der Waals surface area contributed by atoms with Gasteiger partial charge in [0.05, 0.1) is 18.4 Å². The Hall–Kier alpha value is -3.29. The Morgan fingerprint density at radius 3 is 2.52 bits per heavy atom. The highest BCUT2D eigenvalue weighted by atomic mass is 16.5. The number of nitrogens with one attached hydrogen (secondary N) is 1. The van der Waals surface area contributed by atoms with E-state index < -0.39 is 0 Å². The van der Waals surface area contributed by atoms with Crippen LogP contribution in [-0.4, -0.2) is 79.1 Å².